The van der Waals surface area contributed by atoms with Crippen LogP contribution in [0.2, 0.25) is 0 Å². The van der Waals surface area contributed by atoms with Crippen LogP contribution in [0.3, 0.4) is 0 Å². The van der Waals surface area contributed by atoms with E-state index in [1.54, 1.807) is 32.0 Å². The SMILES string of the molecule is CC(=O)CCCCCCC(=O)N[C@H](CC(C)C)C(=O)NCC(=O)N[C@@H](CCCCNC(C)=O)C(=O)Cc1ccc2c(C)cc(=O)oc2c1. The van der Waals surface area contributed by atoms with Gasteiger partial charge in [0.1, 0.15) is 17.4 Å². The fourth-order valence-electron chi connectivity index (χ4n) is 5.37. The van der Waals surface area contributed by atoms with Crippen LogP contribution in [0.4, 0.5) is 0 Å². The molecule has 0 aliphatic heterocycles. The van der Waals surface area contributed by atoms with Gasteiger partial charge in [-0.15, -0.1) is 0 Å². The van der Waals surface area contributed by atoms with Gasteiger partial charge < -0.3 is 30.5 Å². The summed E-state index contributed by atoms with van der Waals surface area (Å²) in [6, 6.07) is 4.95. The van der Waals surface area contributed by atoms with E-state index in [-0.39, 0.29) is 48.7 Å². The summed E-state index contributed by atoms with van der Waals surface area (Å²) in [6.07, 6.45) is 5.75. The number of nitrogens with one attached hydrogen (secondary N) is 4. The molecule has 2 rings (SSSR count). The highest BCUT2D eigenvalue weighted by Gasteiger charge is 2.24. The molecule has 0 fully saturated rings. The second-order valence-electron chi connectivity index (χ2n) is 12.9. The summed E-state index contributed by atoms with van der Waals surface area (Å²) < 4.78 is 5.31. The highest BCUT2D eigenvalue weighted by Crippen LogP contribution is 2.19. The zero-order chi connectivity index (χ0) is 35.6. The van der Waals surface area contributed by atoms with Crippen LogP contribution < -0.4 is 26.9 Å². The quantitative estimate of drug-likeness (QED) is 0.109. The van der Waals surface area contributed by atoms with E-state index < -0.39 is 29.5 Å². The highest BCUT2D eigenvalue weighted by atomic mass is 16.4. The number of unbranched alkanes of at least 4 members (excludes halogenated alkanes) is 4. The van der Waals surface area contributed by atoms with E-state index in [0.29, 0.717) is 56.2 Å². The van der Waals surface area contributed by atoms with Gasteiger partial charge >= 0.3 is 5.63 Å². The predicted molar refractivity (Wildman–Crippen MR) is 183 cm³/mol. The molecule has 2 atom stereocenters. The molecule has 0 saturated carbocycles. The predicted octanol–water partition coefficient (Wildman–Crippen LogP) is 3.58. The van der Waals surface area contributed by atoms with Crippen molar-refractivity contribution in [2.24, 2.45) is 5.92 Å². The average Bonchev–Trinajstić information content (AvgIpc) is 2.99. The lowest BCUT2D eigenvalue weighted by Crippen LogP contribution is -2.51. The fraction of sp³-hybridized carbons (Fsp3) is 0.583. The van der Waals surface area contributed by atoms with E-state index in [9.17, 15) is 33.6 Å². The first kappa shape index (κ1) is 39.8. The minimum absolute atomic E-state index is 0.0180. The molecule has 1 aromatic heterocycles. The Bertz CT molecular complexity index is 1480. The number of benzene rings is 1. The average molecular weight is 669 g/mol. The second-order valence-corrected chi connectivity index (χ2v) is 12.9. The Hall–Kier alpha value is -4.35. The lowest BCUT2D eigenvalue weighted by molar-refractivity contribution is -0.131. The summed E-state index contributed by atoms with van der Waals surface area (Å²) in [5, 5.41) is 11.6. The lowest BCUT2D eigenvalue weighted by atomic mass is 9.98. The van der Waals surface area contributed by atoms with Crippen LogP contribution in [0.15, 0.2) is 33.5 Å². The van der Waals surface area contributed by atoms with Gasteiger partial charge in [-0.25, -0.2) is 4.79 Å². The molecule has 0 saturated heterocycles. The van der Waals surface area contributed by atoms with Crippen molar-refractivity contribution in [2.45, 2.75) is 117 Å². The molecule has 0 spiro atoms. The largest absolute Gasteiger partial charge is 0.423 e. The Morgan fingerprint density at radius 3 is 2.15 bits per heavy atom. The minimum Gasteiger partial charge on any atom is -0.423 e. The van der Waals surface area contributed by atoms with E-state index in [1.807, 2.05) is 13.8 Å². The first-order valence-corrected chi connectivity index (χ1v) is 16.9. The third-order valence-corrected chi connectivity index (χ3v) is 7.88. The van der Waals surface area contributed by atoms with Crippen LogP contribution >= 0.6 is 0 Å². The third kappa shape index (κ3) is 15.5. The van der Waals surface area contributed by atoms with Gasteiger partial charge in [-0.1, -0.05) is 38.8 Å². The molecular formula is C36H52N4O8. The molecule has 1 aromatic carbocycles. The molecule has 0 bridgehead atoms. The van der Waals surface area contributed by atoms with Crippen molar-refractivity contribution >= 4 is 46.2 Å². The summed E-state index contributed by atoms with van der Waals surface area (Å²) in [5.74, 6) is -1.44. The molecule has 12 heteroatoms. The van der Waals surface area contributed by atoms with E-state index >= 15 is 0 Å². The second kappa shape index (κ2) is 20.8. The van der Waals surface area contributed by atoms with Crippen molar-refractivity contribution in [1.82, 2.24) is 21.3 Å². The topological polar surface area (TPSA) is 181 Å². The van der Waals surface area contributed by atoms with Crippen LogP contribution in [0.5, 0.6) is 0 Å². The highest BCUT2D eigenvalue weighted by molar-refractivity contribution is 5.94. The zero-order valence-electron chi connectivity index (χ0n) is 29.0. The number of carbonyl (C=O) groups is 6. The fourth-order valence-corrected chi connectivity index (χ4v) is 5.37. The Balaban J connectivity index is 2.00. The molecule has 0 aliphatic rings. The number of Topliss-reactive ketones (excluding diaryl/α,β-unsaturated/α-hetero) is 2. The molecule has 2 aromatic rings. The van der Waals surface area contributed by atoms with Gasteiger partial charge in [-0.2, -0.15) is 0 Å². The van der Waals surface area contributed by atoms with Gasteiger partial charge in [0, 0.05) is 44.2 Å². The lowest BCUT2D eigenvalue weighted by Gasteiger charge is -2.21. The zero-order valence-corrected chi connectivity index (χ0v) is 29.0. The summed E-state index contributed by atoms with van der Waals surface area (Å²) in [6.45, 7) is 8.70. The number of ketones is 2. The van der Waals surface area contributed by atoms with Gasteiger partial charge in [-0.3, -0.25) is 24.0 Å². The first-order valence-electron chi connectivity index (χ1n) is 16.9. The van der Waals surface area contributed by atoms with Crippen molar-refractivity contribution in [3.63, 3.8) is 0 Å². The Labute approximate surface area is 282 Å². The summed E-state index contributed by atoms with van der Waals surface area (Å²) in [7, 11) is 0. The molecule has 0 aliphatic carbocycles. The molecule has 4 N–H and O–H groups in total. The number of amides is 4. The molecule has 264 valence electrons. The van der Waals surface area contributed by atoms with Crippen LogP contribution in [-0.4, -0.2) is 60.4 Å². The number of hydrogen-bond donors (Lipinski definition) is 4. The van der Waals surface area contributed by atoms with Gasteiger partial charge in [0.2, 0.25) is 23.6 Å². The van der Waals surface area contributed by atoms with Gasteiger partial charge in [0.05, 0.1) is 12.6 Å². The monoisotopic (exact) mass is 668 g/mol. The van der Waals surface area contributed by atoms with Crippen molar-refractivity contribution in [2.75, 3.05) is 13.1 Å². The number of carbonyl (C=O) groups excluding carboxylic acids is 6. The first-order chi connectivity index (χ1) is 22.7. The number of hydrogen-bond acceptors (Lipinski definition) is 8. The normalized spacial score (nSPS) is 12.3. The molecule has 4 amide bonds. The maximum Gasteiger partial charge on any atom is 0.336 e. The maximum absolute atomic E-state index is 13.4. The van der Waals surface area contributed by atoms with Gasteiger partial charge in [-0.05, 0) is 75.5 Å². The summed E-state index contributed by atoms with van der Waals surface area (Å²) >= 11 is 0. The van der Waals surface area contributed by atoms with Crippen molar-refractivity contribution in [3.05, 3.63) is 45.8 Å². The number of aryl methyl sites for hydroxylation is 1. The molecule has 0 unspecified atom stereocenters. The Morgan fingerprint density at radius 1 is 0.792 bits per heavy atom. The van der Waals surface area contributed by atoms with Crippen LogP contribution in [-0.2, 0) is 35.2 Å². The van der Waals surface area contributed by atoms with E-state index in [4.69, 9.17) is 4.42 Å². The standard InChI is InChI=1S/C36H52N4O8/c1-23(2)18-30(40-33(44)14-9-7-6-8-12-25(4)41)36(47)38-22-34(45)39-29(13-10-11-17-37-26(5)42)31(43)20-27-15-16-28-24(3)19-35(46)48-32(28)21-27/h15-16,19,21,23,29-30H,6-14,17-18,20,22H2,1-5H3,(H,37,42)(H,38,47)(H,39,45)(H,40,44)/t29-,30+/m0/s1. The van der Waals surface area contributed by atoms with E-state index in [0.717, 1.165) is 30.2 Å². The van der Waals surface area contributed by atoms with Crippen molar-refractivity contribution in [1.29, 1.82) is 0 Å². The number of fused-ring (bicyclic) bond motifs is 1. The van der Waals surface area contributed by atoms with Gasteiger partial charge in [0.25, 0.3) is 0 Å². The Morgan fingerprint density at radius 2 is 1.48 bits per heavy atom. The van der Waals surface area contributed by atoms with E-state index in [1.165, 1.54) is 13.0 Å². The smallest absolute Gasteiger partial charge is 0.336 e. The van der Waals surface area contributed by atoms with E-state index in [2.05, 4.69) is 21.3 Å². The summed E-state index contributed by atoms with van der Waals surface area (Å²) in [4.78, 5) is 86.2. The molecule has 1 heterocycles. The third-order valence-electron chi connectivity index (χ3n) is 7.88. The van der Waals surface area contributed by atoms with Crippen molar-refractivity contribution < 1.29 is 33.2 Å². The Kier molecular flexibility index (Phi) is 17.3. The maximum atomic E-state index is 13.4. The van der Waals surface area contributed by atoms with Crippen LogP contribution in [0.25, 0.3) is 11.0 Å². The van der Waals surface area contributed by atoms with Gasteiger partial charge in [0.15, 0.2) is 5.78 Å². The molecule has 0 radical (unpaired) electrons. The molecular weight excluding hydrogens is 616 g/mol. The minimum atomic E-state index is -0.853. The molecule has 12 nitrogen and oxygen atoms in total. The van der Waals surface area contributed by atoms with Crippen LogP contribution in [0, 0.1) is 12.8 Å². The number of rotatable bonds is 22. The van der Waals surface area contributed by atoms with Crippen molar-refractivity contribution in [3.8, 4) is 0 Å². The summed E-state index contributed by atoms with van der Waals surface area (Å²) in [5.41, 5.74) is 1.27. The molecule has 48 heavy (non-hydrogen) atoms. The van der Waals surface area contributed by atoms with Crippen LogP contribution in [0.1, 0.15) is 103 Å².